The van der Waals surface area contributed by atoms with E-state index in [1.807, 2.05) is 0 Å². The molecule has 1 aliphatic rings. The summed E-state index contributed by atoms with van der Waals surface area (Å²) >= 11 is 6.23. The van der Waals surface area contributed by atoms with E-state index in [-0.39, 0.29) is 23.7 Å². The van der Waals surface area contributed by atoms with Crippen molar-refractivity contribution in [1.82, 2.24) is 19.7 Å². The van der Waals surface area contributed by atoms with Gasteiger partial charge in [0.2, 0.25) is 0 Å². The molecule has 1 aromatic carbocycles. The van der Waals surface area contributed by atoms with Crippen molar-refractivity contribution in [1.29, 1.82) is 0 Å². The molecule has 1 aliphatic carbocycles. The molecule has 4 N–H and O–H groups in total. The van der Waals surface area contributed by atoms with Crippen molar-refractivity contribution in [2.24, 2.45) is 0 Å². The van der Waals surface area contributed by atoms with Gasteiger partial charge < -0.3 is 20.6 Å². The highest BCUT2D eigenvalue weighted by atomic mass is 35.5. The molecule has 1 aromatic heterocycles. The normalized spacial score (nSPS) is 17.2. The molecule has 1 saturated carbocycles. The van der Waals surface area contributed by atoms with E-state index in [1.165, 1.54) is 16.7 Å². The highest BCUT2D eigenvalue weighted by molar-refractivity contribution is 6.33. The molecule has 3 rings (SSSR count). The first-order valence-electron chi connectivity index (χ1n) is 10.5. The largest absolute Gasteiger partial charge is 0.394 e. The molecule has 9 nitrogen and oxygen atoms in total. The lowest BCUT2D eigenvalue weighted by Crippen LogP contribution is -2.42. The number of hydrogen-bond donors (Lipinski definition) is 4. The number of aromatic nitrogens is 3. The van der Waals surface area contributed by atoms with Crippen LogP contribution in [0.25, 0.3) is 5.69 Å². The van der Waals surface area contributed by atoms with Gasteiger partial charge in [-0.05, 0) is 38.0 Å². The molecule has 1 unspecified atom stereocenters. The zero-order valence-electron chi connectivity index (χ0n) is 17.6. The van der Waals surface area contributed by atoms with Crippen LogP contribution in [0.5, 0.6) is 0 Å². The number of aliphatic hydroxyl groups excluding tert-OH is 2. The summed E-state index contributed by atoms with van der Waals surface area (Å²) in [7, 11) is 0. The number of rotatable bonds is 7. The number of nitrogens with zero attached hydrogens (tertiary/aromatic N) is 3. The summed E-state index contributed by atoms with van der Waals surface area (Å²) in [6.45, 7) is 1.17. The van der Waals surface area contributed by atoms with Gasteiger partial charge >= 0.3 is 5.69 Å². The molecular weight excluding hydrogens is 424 g/mol. The molecular formula is C21H29ClN4O5. The quantitative estimate of drug-likeness (QED) is 0.466. The van der Waals surface area contributed by atoms with Crippen LogP contribution in [0.15, 0.2) is 23.0 Å². The lowest BCUT2D eigenvalue weighted by molar-refractivity contribution is 0.0246. The minimum absolute atomic E-state index is 0.0965. The molecule has 31 heavy (non-hydrogen) atoms. The van der Waals surface area contributed by atoms with Gasteiger partial charge in [-0.2, -0.15) is 9.78 Å². The number of aliphatic hydroxyl groups is 3. The maximum absolute atomic E-state index is 12.8. The molecule has 1 heterocycles. The third kappa shape index (κ3) is 5.54. The van der Waals surface area contributed by atoms with Gasteiger partial charge in [0.05, 0.1) is 41.1 Å². The highest BCUT2D eigenvalue weighted by Gasteiger charge is 2.29. The zero-order chi connectivity index (χ0) is 22.6. The average Bonchev–Trinajstić information content (AvgIpc) is 2.91. The van der Waals surface area contributed by atoms with Crippen LogP contribution in [0.3, 0.4) is 0 Å². The maximum Gasteiger partial charge on any atom is 0.350 e. The van der Waals surface area contributed by atoms with Crippen LogP contribution in [0.2, 0.25) is 5.02 Å². The van der Waals surface area contributed by atoms with Gasteiger partial charge in [0, 0.05) is 6.54 Å². The lowest BCUT2D eigenvalue weighted by Gasteiger charge is -2.26. The fraction of sp³-hybridized carbons (Fsp3) is 0.571. The van der Waals surface area contributed by atoms with Crippen molar-refractivity contribution in [2.45, 2.75) is 63.7 Å². The first-order chi connectivity index (χ1) is 14.7. The molecule has 10 heteroatoms. The molecule has 0 bridgehead atoms. The second-order valence-corrected chi connectivity index (χ2v) is 8.58. The Labute approximate surface area is 185 Å². The number of amides is 1. The Morgan fingerprint density at radius 1 is 1.29 bits per heavy atom. The summed E-state index contributed by atoms with van der Waals surface area (Å²) in [5.41, 5.74) is -0.915. The second-order valence-electron chi connectivity index (χ2n) is 8.17. The van der Waals surface area contributed by atoms with E-state index in [1.54, 1.807) is 13.0 Å². The van der Waals surface area contributed by atoms with E-state index in [0.29, 0.717) is 24.4 Å². The predicted octanol–water partition coefficient (Wildman–Crippen LogP) is 1.16. The van der Waals surface area contributed by atoms with Gasteiger partial charge in [0.1, 0.15) is 5.82 Å². The van der Waals surface area contributed by atoms with E-state index in [0.717, 1.165) is 30.4 Å². The van der Waals surface area contributed by atoms with Gasteiger partial charge in [-0.1, -0.05) is 37.3 Å². The van der Waals surface area contributed by atoms with E-state index in [4.69, 9.17) is 16.7 Å². The minimum atomic E-state index is -1.09. The number of carbonyl (C=O) groups is 1. The summed E-state index contributed by atoms with van der Waals surface area (Å²) < 4.78 is 2.36. The Kier molecular flexibility index (Phi) is 7.53. The second kappa shape index (κ2) is 9.95. The number of halogens is 1. The zero-order valence-corrected chi connectivity index (χ0v) is 18.3. The Bertz CT molecular complexity index is 979. The van der Waals surface area contributed by atoms with Gasteiger partial charge in [-0.15, -0.1) is 0 Å². The van der Waals surface area contributed by atoms with Crippen LogP contribution < -0.4 is 11.0 Å². The van der Waals surface area contributed by atoms with Crippen LogP contribution in [0.4, 0.5) is 0 Å². The molecule has 0 radical (unpaired) electrons. The molecule has 1 amide bonds. The molecule has 0 saturated heterocycles. The number of aryl methyl sites for hydroxylation is 1. The van der Waals surface area contributed by atoms with E-state index >= 15 is 0 Å². The number of hydrogen-bond acceptors (Lipinski definition) is 6. The maximum atomic E-state index is 12.8. The number of nitrogens with one attached hydrogen (secondary N) is 1. The number of benzene rings is 1. The van der Waals surface area contributed by atoms with E-state index < -0.39 is 29.9 Å². The van der Waals surface area contributed by atoms with Crippen molar-refractivity contribution in [3.05, 3.63) is 45.1 Å². The summed E-state index contributed by atoms with van der Waals surface area (Å²) in [5.74, 6) is -0.0848. The Morgan fingerprint density at radius 3 is 2.61 bits per heavy atom. The van der Waals surface area contributed by atoms with E-state index in [9.17, 15) is 19.8 Å². The smallest absolute Gasteiger partial charge is 0.350 e. The molecule has 170 valence electrons. The minimum Gasteiger partial charge on any atom is -0.394 e. The third-order valence-corrected chi connectivity index (χ3v) is 6.03. The van der Waals surface area contributed by atoms with Crippen molar-refractivity contribution >= 4 is 17.5 Å². The Hall–Kier alpha value is -2.20. The van der Waals surface area contributed by atoms with Crippen molar-refractivity contribution in [2.75, 3.05) is 13.2 Å². The number of carbonyl (C=O) groups excluding carboxylic acids is 1. The van der Waals surface area contributed by atoms with Crippen LogP contribution >= 0.6 is 11.6 Å². The van der Waals surface area contributed by atoms with Crippen molar-refractivity contribution in [3.8, 4) is 5.69 Å². The first kappa shape index (κ1) is 23.5. The van der Waals surface area contributed by atoms with Gasteiger partial charge in [0.25, 0.3) is 5.91 Å². The van der Waals surface area contributed by atoms with Crippen molar-refractivity contribution in [3.63, 3.8) is 0 Å². The SMILES string of the molecule is Cc1nn(-c2ccc(Cl)c(C(=O)NCC3(O)CCCCCC3)c2)c(=O)n1CC(O)CO. The molecule has 0 spiro atoms. The molecule has 2 aromatic rings. The fourth-order valence-electron chi connectivity index (χ4n) is 3.86. The fourth-order valence-corrected chi connectivity index (χ4v) is 4.07. The average molecular weight is 453 g/mol. The van der Waals surface area contributed by atoms with Crippen LogP contribution in [0, 0.1) is 6.92 Å². The molecule has 1 fully saturated rings. The van der Waals surface area contributed by atoms with Crippen LogP contribution in [-0.2, 0) is 6.54 Å². The predicted molar refractivity (Wildman–Crippen MR) is 116 cm³/mol. The Balaban J connectivity index is 1.81. The Morgan fingerprint density at radius 2 is 1.97 bits per heavy atom. The molecule has 0 aliphatic heterocycles. The van der Waals surface area contributed by atoms with Gasteiger partial charge in [-0.3, -0.25) is 9.36 Å². The monoisotopic (exact) mass is 452 g/mol. The highest BCUT2D eigenvalue weighted by Crippen LogP contribution is 2.27. The lowest BCUT2D eigenvalue weighted by atomic mass is 9.94. The summed E-state index contributed by atoms with van der Waals surface area (Å²) in [6.07, 6.45) is 4.23. The summed E-state index contributed by atoms with van der Waals surface area (Å²) in [5, 5.41) is 36.7. The van der Waals surface area contributed by atoms with E-state index in [2.05, 4.69) is 10.4 Å². The summed E-state index contributed by atoms with van der Waals surface area (Å²) in [4.78, 5) is 25.5. The standard InChI is InChI=1S/C21H29ClN4O5/c1-14-24-26(20(30)25(14)11-16(28)12-27)15-6-7-18(22)17(10-15)19(29)23-13-21(31)8-4-2-3-5-9-21/h6-7,10,16,27-28,31H,2-5,8-9,11-13H2,1H3,(H,23,29). The third-order valence-electron chi connectivity index (χ3n) is 5.70. The molecule has 1 atom stereocenters. The summed E-state index contributed by atoms with van der Waals surface area (Å²) in [6, 6.07) is 4.55. The first-order valence-corrected chi connectivity index (χ1v) is 10.9. The van der Waals surface area contributed by atoms with Crippen LogP contribution in [-0.4, -0.2) is 60.4 Å². The van der Waals surface area contributed by atoms with Crippen molar-refractivity contribution < 1.29 is 20.1 Å². The van der Waals surface area contributed by atoms with Gasteiger partial charge in [-0.25, -0.2) is 4.79 Å². The topological polar surface area (TPSA) is 130 Å². The van der Waals surface area contributed by atoms with Crippen LogP contribution in [0.1, 0.15) is 54.7 Å². The van der Waals surface area contributed by atoms with Gasteiger partial charge in [0.15, 0.2) is 0 Å².